The number of aromatic nitrogens is 6. The highest BCUT2D eigenvalue weighted by Gasteiger charge is 2.20. The molecule has 0 aliphatic carbocycles. The fraction of sp³-hybridized carbons (Fsp3) is 0.222. The number of pyridine rings is 1. The largest absolute Gasteiger partial charge is 0.382 e. The first-order valence-corrected chi connectivity index (χ1v) is 12.0. The molecule has 3 heterocycles. The lowest BCUT2D eigenvalue weighted by molar-refractivity contribution is 0.0687. The number of hydrogen-bond acceptors (Lipinski definition) is 7. The van der Waals surface area contributed by atoms with Gasteiger partial charge in [0.05, 0.1) is 28.5 Å². The highest BCUT2D eigenvalue weighted by Crippen LogP contribution is 2.36. The van der Waals surface area contributed by atoms with E-state index in [4.69, 9.17) is 11.6 Å². The summed E-state index contributed by atoms with van der Waals surface area (Å²) in [6, 6.07) is 10.2. The molecule has 0 saturated carbocycles. The molecule has 37 heavy (non-hydrogen) atoms. The van der Waals surface area contributed by atoms with E-state index in [1.165, 1.54) is 6.07 Å². The van der Waals surface area contributed by atoms with Gasteiger partial charge in [-0.15, -0.1) is 5.10 Å². The number of aliphatic hydroxyl groups is 1. The van der Waals surface area contributed by atoms with E-state index in [0.717, 1.165) is 27.6 Å². The van der Waals surface area contributed by atoms with Crippen molar-refractivity contribution in [3.63, 3.8) is 0 Å². The van der Waals surface area contributed by atoms with Gasteiger partial charge >= 0.3 is 0 Å². The van der Waals surface area contributed by atoms with Gasteiger partial charge in [0.25, 0.3) is 0 Å². The summed E-state index contributed by atoms with van der Waals surface area (Å²) in [7, 11) is 1.78. The number of anilines is 1. The Balaban J connectivity index is 1.51. The maximum absolute atomic E-state index is 14.9. The van der Waals surface area contributed by atoms with Gasteiger partial charge in [0.15, 0.2) is 5.82 Å². The molecule has 0 amide bonds. The Labute approximate surface area is 218 Å². The van der Waals surface area contributed by atoms with Crippen molar-refractivity contribution < 1.29 is 9.50 Å². The van der Waals surface area contributed by atoms with Crippen molar-refractivity contribution >= 4 is 28.2 Å². The van der Waals surface area contributed by atoms with Crippen molar-refractivity contribution in [1.29, 1.82) is 0 Å². The number of rotatable bonds is 6. The van der Waals surface area contributed by atoms with Gasteiger partial charge in [-0.3, -0.25) is 9.67 Å². The Morgan fingerprint density at radius 1 is 1.00 bits per heavy atom. The molecule has 0 radical (unpaired) electrons. The summed E-state index contributed by atoms with van der Waals surface area (Å²) in [5.74, 6) is -0.00414. The van der Waals surface area contributed by atoms with Crippen molar-refractivity contribution in [2.75, 3.05) is 5.32 Å². The minimum atomic E-state index is -1.13. The molecule has 2 N–H and O–H groups in total. The number of benzene rings is 2. The molecule has 0 aliphatic rings. The summed E-state index contributed by atoms with van der Waals surface area (Å²) < 4.78 is 16.5. The summed E-state index contributed by atoms with van der Waals surface area (Å²) in [5.41, 5.74) is 3.75. The van der Waals surface area contributed by atoms with Crippen LogP contribution in [0.5, 0.6) is 0 Å². The molecule has 10 heteroatoms. The van der Waals surface area contributed by atoms with Crippen molar-refractivity contribution in [1.82, 2.24) is 29.9 Å². The molecule has 1 unspecified atom stereocenters. The lowest BCUT2D eigenvalue weighted by Gasteiger charge is -2.20. The zero-order valence-corrected chi connectivity index (χ0v) is 21.5. The Bertz CT molecular complexity index is 1600. The molecular weight excluding hydrogens is 493 g/mol. The molecule has 2 aromatic carbocycles. The van der Waals surface area contributed by atoms with Crippen LogP contribution in [0.4, 0.5) is 10.1 Å². The van der Waals surface area contributed by atoms with E-state index in [1.807, 2.05) is 25.1 Å². The average molecular weight is 518 g/mol. The van der Waals surface area contributed by atoms with Gasteiger partial charge in [0.2, 0.25) is 0 Å². The smallest absolute Gasteiger partial charge is 0.159 e. The second-order valence-corrected chi connectivity index (χ2v) is 9.85. The van der Waals surface area contributed by atoms with Crippen molar-refractivity contribution in [3.8, 4) is 22.4 Å². The lowest BCUT2D eigenvalue weighted by atomic mass is 10.0. The third kappa shape index (κ3) is 5.00. The van der Waals surface area contributed by atoms with Crippen molar-refractivity contribution in [3.05, 3.63) is 83.4 Å². The van der Waals surface area contributed by atoms with Crippen LogP contribution in [0.15, 0.2) is 61.2 Å². The summed E-state index contributed by atoms with van der Waals surface area (Å²) in [5, 5.41) is 22.8. The van der Waals surface area contributed by atoms with Crippen LogP contribution in [0.1, 0.15) is 38.2 Å². The normalized spacial score (nSPS) is 12.6. The minimum absolute atomic E-state index is 0.337. The fourth-order valence-corrected chi connectivity index (χ4v) is 4.30. The minimum Gasteiger partial charge on any atom is -0.382 e. The van der Waals surface area contributed by atoms with Crippen LogP contribution in [0.25, 0.3) is 33.3 Å². The quantitative estimate of drug-likeness (QED) is 0.299. The number of nitrogens with one attached hydrogen (secondary N) is 1. The van der Waals surface area contributed by atoms with Crippen LogP contribution in [0.2, 0.25) is 5.02 Å². The van der Waals surface area contributed by atoms with Gasteiger partial charge in [-0.1, -0.05) is 22.9 Å². The second-order valence-electron chi connectivity index (χ2n) is 9.45. The second kappa shape index (κ2) is 9.49. The van der Waals surface area contributed by atoms with E-state index < -0.39 is 11.6 Å². The standard InChI is InChI=1S/C27H25ClFN7O/c1-15(19-10-17(5-7-22(19)29)24-14-36(4)35-34-24)33-25-20-9-16(6-8-23(20)30-13-21(25)28)18-11-31-26(32-12-18)27(2,3)37/h5-15,37H,1-4H3,(H,30,33). The first kappa shape index (κ1) is 24.7. The van der Waals surface area contributed by atoms with Gasteiger partial charge in [-0.05, 0) is 56.7 Å². The molecular formula is C27H25ClFN7O. The maximum Gasteiger partial charge on any atom is 0.159 e. The highest BCUT2D eigenvalue weighted by molar-refractivity contribution is 6.34. The van der Waals surface area contributed by atoms with E-state index >= 15 is 0 Å². The monoisotopic (exact) mass is 517 g/mol. The zero-order chi connectivity index (χ0) is 26.3. The van der Waals surface area contributed by atoms with Crippen LogP contribution in [0.3, 0.4) is 0 Å². The van der Waals surface area contributed by atoms with Crippen LogP contribution in [-0.2, 0) is 12.6 Å². The van der Waals surface area contributed by atoms with Crippen molar-refractivity contribution in [2.45, 2.75) is 32.4 Å². The molecule has 5 aromatic rings. The maximum atomic E-state index is 14.9. The van der Waals surface area contributed by atoms with E-state index in [9.17, 15) is 9.50 Å². The lowest BCUT2D eigenvalue weighted by Crippen LogP contribution is -2.19. The summed E-state index contributed by atoms with van der Waals surface area (Å²) in [6.45, 7) is 5.14. The van der Waals surface area contributed by atoms with Gasteiger partial charge in [0, 0.05) is 47.7 Å². The van der Waals surface area contributed by atoms with Crippen LogP contribution < -0.4 is 5.32 Å². The number of fused-ring (bicyclic) bond motifs is 1. The Morgan fingerprint density at radius 3 is 2.41 bits per heavy atom. The SMILES string of the molecule is CC(Nc1c(Cl)cnc2ccc(-c3cnc(C(C)(C)O)nc3)cc12)c1cc(-c2cn(C)nn2)ccc1F. The van der Waals surface area contributed by atoms with E-state index in [2.05, 4.69) is 30.6 Å². The Kier molecular flexibility index (Phi) is 6.35. The molecule has 0 spiro atoms. The van der Waals surface area contributed by atoms with Crippen LogP contribution >= 0.6 is 11.6 Å². The van der Waals surface area contributed by atoms with Gasteiger partial charge in [0.1, 0.15) is 17.1 Å². The van der Waals surface area contributed by atoms with Gasteiger partial charge in [-0.25, -0.2) is 14.4 Å². The van der Waals surface area contributed by atoms with E-state index in [0.29, 0.717) is 27.8 Å². The first-order chi connectivity index (χ1) is 17.6. The Morgan fingerprint density at radius 2 is 1.73 bits per heavy atom. The summed E-state index contributed by atoms with van der Waals surface area (Å²) in [6.07, 6.45) is 6.69. The predicted octanol–water partition coefficient (Wildman–Crippen LogP) is 5.68. The molecule has 3 aromatic heterocycles. The fourth-order valence-electron chi connectivity index (χ4n) is 4.10. The number of hydrogen-bond donors (Lipinski definition) is 2. The Hall–Kier alpha value is -3.95. The number of halogens is 2. The third-order valence-corrected chi connectivity index (χ3v) is 6.36. The van der Waals surface area contributed by atoms with E-state index in [1.54, 1.807) is 62.5 Å². The summed E-state index contributed by atoms with van der Waals surface area (Å²) in [4.78, 5) is 13.1. The van der Waals surface area contributed by atoms with Gasteiger partial charge < -0.3 is 10.4 Å². The molecule has 5 rings (SSSR count). The molecule has 0 bridgehead atoms. The summed E-state index contributed by atoms with van der Waals surface area (Å²) >= 11 is 6.58. The van der Waals surface area contributed by atoms with Crippen molar-refractivity contribution in [2.24, 2.45) is 7.05 Å². The molecule has 0 saturated heterocycles. The molecule has 0 fully saturated rings. The molecule has 8 nitrogen and oxygen atoms in total. The topological polar surface area (TPSA) is 102 Å². The average Bonchev–Trinajstić information content (AvgIpc) is 3.31. The predicted molar refractivity (Wildman–Crippen MR) is 141 cm³/mol. The zero-order valence-electron chi connectivity index (χ0n) is 20.7. The number of nitrogens with zero attached hydrogens (tertiary/aromatic N) is 6. The highest BCUT2D eigenvalue weighted by atomic mass is 35.5. The first-order valence-electron chi connectivity index (χ1n) is 11.7. The van der Waals surface area contributed by atoms with Gasteiger partial charge in [-0.2, -0.15) is 0 Å². The molecule has 0 aliphatic heterocycles. The van der Waals surface area contributed by atoms with Crippen LogP contribution in [0, 0.1) is 5.82 Å². The molecule has 1 atom stereocenters. The molecule has 188 valence electrons. The van der Waals surface area contributed by atoms with Crippen LogP contribution in [-0.4, -0.2) is 35.1 Å². The van der Waals surface area contributed by atoms with E-state index in [-0.39, 0.29) is 5.82 Å². The number of aryl methyl sites for hydroxylation is 1. The third-order valence-electron chi connectivity index (χ3n) is 6.08.